The fourth-order valence-corrected chi connectivity index (χ4v) is 4.03. The van der Waals surface area contributed by atoms with E-state index in [1.807, 2.05) is 0 Å². The first-order chi connectivity index (χ1) is 14.6. The smallest absolute Gasteiger partial charge is 0.255 e. The van der Waals surface area contributed by atoms with Crippen LogP contribution in [0.2, 0.25) is 5.02 Å². The molecular formula is C21H27ClN6O2. The first-order valence-electron chi connectivity index (χ1n) is 10.5. The van der Waals surface area contributed by atoms with Gasteiger partial charge >= 0.3 is 0 Å². The largest absolute Gasteiger partial charge is 0.378 e. The highest BCUT2D eigenvalue weighted by molar-refractivity contribution is 6.33. The van der Waals surface area contributed by atoms with Crippen LogP contribution in [0.15, 0.2) is 24.7 Å². The van der Waals surface area contributed by atoms with Gasteiger partial charge in [0.2, 0.25) is 0 Å². The number of hydrogen-bond donors (Lipinski definition) is 1. The van der Waals surface area contributed by atoms with E-state index in [9.17, 15) is 4.79 Å². The molecule has 2 aromatic heterocycles. The van der Waals surface area contributed by atoms with Gasteiger partial charge in [0.15, 0.2) is 0 Å². The van der Waals surface area contributed by atoms with Crippen LogP contribution in [-0.4, -0.2) is 71.2 Å². The van der Waals surface area contributed by atoms with Gasteiger partial charge in [0, 0.05) is 50.2 Å². The molecule has 2 aromatic rings. The highest BCUT2D eigenvalue weighted by Gasteiger charge is 2.23. The molecule has 4 heterocycles. The number of hydrogen-bond acceptors (Lipinski definition) is 7. The number of nitrogens with one attached hydrogen (secondary N) is 1. The van der Waals surface area contributed by atoms with Crippen molar-refractivity contribution in [2.45, 2.75) is 32.2 Å². The van der Waals surface area contributed by atoms with Crippen molar-refractivity contribution < 1.29 is 9.53 Å². The highest BCUT2D eigenvalue weighted by atomic mass is 35.5. The molecule has 0 atom stereocenters. The summed E-state index contributed by atoms with van der Waals surface area (Å²) < 4.78 is 5.30. The van der Waals surface area contributed by atoms with Crippen LogP contribution in [0.5, 0.6) is 0 Å². The number of amides is 1. The number of ether oxygens (including phenoxy) is 1. The third kappa shape index (κ3) is 4.82. The minimum atomic E-state index is -0.0520. The lowest BCUT2D eigenvalue weighted by molar-refractivity contribution is 0.0302. The molecule has 4 rings (SSSR count). The zero-order valence-electron chi connectivity index (χ0n) is 17.2. The fraction of sp³-hybridized carbons (Fsp3) is 0.524. The Bertz CT molecular complexity index is 882. The molecule has 9 heteroatoms. The summed E-state index contributed by atoms with van der Waals surface area (Å²) in [5, 5.41) is 3.91. The monoisotopic (exact) mass is 430 g/mol. The molecule has 0 aliphatic carbocycles. The summed E-state index contributed by atoms with van der Waals surface area (Å²) in [6.07, 6.45) is 6.06. The van der Waals surface area contributed by atoms with Crippen LogP contribution in [-0.2, 0) is 11.2 Å². The van der Waals surface area contributed by atoms with E-state index in [0.29, 0.717) is 42.7 Å². The summed E-state index contributed by atoms with van der Waals surface area (Å²) in [7, 11) is 0. The van der Waals surface area contributed by atoms with Crippen LogP contribution >= 0.6 is 11.6 Å². The summed E-state index contributed by atoms with van der Waals surface area (Å²) in [4.78, 5) is 29.8. The van der Waals surface area contributed by atoms with Crippen molar-refractivity contribution in [3.05, 3.63) is 40.9 Å². The summed E-state index contributed by atoms with van der Waals surface area (Å²) in [5.41, 5.74) is 1.57. The van der Waals surface area contributed by atoms with Crippen LogP contribution in [0.4, 0.5) is 11.6 Å². The Kier molecular flexibility index (Phi) is 6.64. The predicted molar refractivity (Wildman–Crippen MR) is 116 cm³/mol. The minimum Gasteiger partial charge on any atom is -0.378 e. The first kappa shape index (κ1) is 20.8. The van der Waals surface area contributed by atoms with Crippen LogP contribution in [0.3, 0.4) is 0 Å². The number of halogens is 1. The highest BCUT2D eigenvalue weighted by Crippen LogP contribution is 2.25. The predicted octanol–water partition coefficient (Wildman–Crippen LogP) is 2.64. The average Bonchev–Trinajstić information content (AvgIpc) is 2.81. The molecule has 2 saturated heterocycles. The maximum absolute atomic E-state index is 12.6. The molecular weight excluding hydrogens is 404 g/mol. The maximum atomic E-state index is 12.6. The SMILES string of the molecule is CCc1cc(N2CCC(Nc3ncc(C(=O)N4CCOCC4)cc3Cl)CC2)ncn1. The molecule has 2 fully saturated rings. The lowest BCUT2D eigenvalue weighted by atomic mass is 10.0. The van der Waals surface area contributed by atoms with Crippen molar-refractivity contribution in [1.29, 1.82) is 0 Å². The van der Waals surface area contributed by atoms with Crippen molar-refractivity contribution in [3.63, 3.8) is 0 Å². The molecule has 0 saturated carbocycles. The van der Waals surface area contributed by atoms with Gasteiger partial charge < -0.3 is 19.9 Å². The van der Waals surface area contributed by atoms with Crippen molar-refractivity contribution in [2.24, 2.45) is 0 Å². The average molecular weight is 431 g/mol. The van der Waals surface area contributed by atoms with E-state index in [-0.39, 0.29) is 11.9 Å². The number of pyridine rings is 1. The molecule has 2 aliphatic heterocycles. The summed E-state index contributed by atoms with van der Waals surface area (Å²) in [5.74, 6) is 1.57. The molecule has 160 valence electrons. The second-order valence-corrected chi connectivity index (χ2v) is 7.99. The van der Waals surface area contributed by atoms with Crippen molar-refractivity contribution in [3.8, 4) is 0 Å². The topological polar surface area (TPSA) is 83.5 Å². The number of nitrogens with zero attached hydrogens (tertiary/aromatic N) is 5. The molecule has 30 heavy (non-hydrogen) atoms. The van der Waals surface area contributed by atoms with Gasteiger partial charge in [-0.05, 0) is 25.3 Å². The van der Waals surface area contributed by atoms with E-state index >= 15 is 0 Å². The number of aryl methyl sites for hydroxylation is 1. The number of aromatic nitrogens is 3. The Morgan fingerprint density at radius 2 is 1.93 bits per heavy atom. The van der Waals surface area contributed by atoms with Gasteiger partial charge in [-0.3, -0.25) is 4.79 Å². The van der Waals surface area contributed by atoms with Crippen LogP contribution in [0, 0.1) is 0 Å². The molecule has 0 unspecified atom stereocenters. The minimum absolute atomic E-state index is 0.0520. The molecule has 1 amide bonds. The number of carbonyl (C=O) groups is 1. The Morgan fingerprint density at radius 3 is 2.63 bits per heavy atom. The molecule has 0 aromatic carbocycles. The number of morpholine rings is 1. The van der Waals surface area contributed by atoms with Crippen LogP contribution in [0.1, 0.15) is 35.8 Å². The van der Waals surface area contributed by atoms with Crippen molar-refractivity contribution >= 4 is 29.1 Å². The maximum Gasteiger partial charge on any atom is 0.255 e. The van der Waals surface area contributed by atoms with Gasteiger partial charge in [0.1, 0.15) is 18.0 Å². The van der Waals surface area contributed by atoms with Crippen LogP contribution < -0.4 is 10.2 Å². The zero-order valence-corrected chi connectivity index (χ0v) is 17.9. The van der Waals surface area contributed by atoms with Gasteiger partial charge in [-0.15, -0.1) is 0 Å². The van der Waals surface area contributed by atoms with E-state index in [1.54, 1.807) is 23.5 Å². The molecule has 0 radical (unpaired) electrons. The first-order valence-corrected chi connectivity index (χ1v) is 10.9. The number of piperidine rings is 1. The van der Waals surface area contributed by atoms with Gasteiger partial charge in [-0.2, -0.15) is 0 Å². The molecule has 0 spiro atoms. The number of rotatable bonds is 5. The van der Waals surface area contributed by atoms with Gasteiger partial charge in [0.05, 0.1) is 23.8 Å². The van der Waals surface area contributed by atoms with E-state index in [4.69, 9.17) is 16.3 Å². The van der Waals surface area contributed by atoms with E-state index in [1.165, 1.54) is 0 Å². The van der Waals surface area contributed by atoms with E-state index < -0.39 is 0 Å². The van der Waals surface area contributed by atoms with E-state index in [0.717, 1.165) is 43.9 Å². The Hall–Kier alpha value is -2.45. The van der Waals surface area contributed by atoms with Crippen molar-refractivity contribution in [2.75, 3.05) is 49.6 Å². The Labute approximate surface area is 181 Å². The third-order valence-corrected chi connectivity index (χ3v) is 5.91. The number of anilines is 2. The Morgan fingerprint density at radius 1 is 1.17 bits per heavy atom. The lowest BCUT2D eigenvalue weighted by Crippen LogP contribution is -2.41. The fourth-order valence-electron chi connectivity index (χ4n) is 3.81. The molecule has 1 N–H and O–H groups in total. The second kappa shape index (κ2) is 9.57. The molecule has 2 aliphatic rings. The summed E-state index contributed by atoms with van der Waals surface area (Å²) in [6.45, 7) is 6.24. The standard InChI is InChI=1S/C21H27ClN6O2/c1-2-16-12-19(25-14-24-16)27-5-3-17(4-6-27)26-20-18(22)11-15(13-23-20)21(29)28-7-9-30-10-8-28/h11-14,17H,2-10H2,1H3,(H,23,26). The molecule has 8 nitrogen and oxygen atoms in total. The Balaban J connectivity index is 1.34. The second-order valence-electron chi connectivity index (χ2n) is 7.59. The quantitative estimate of drug-likeness (QED) is 0.780. The lowest BCUT2D eigenvalue weighted by Gasteiger charge is -2.33. The molecule has 0 bridgehead atoms. The zero-order chi connectivity index (χ0) is 20.9. The summed E-state index contributed by atoms with van der Waals surface area (Å²) >= 11 is 6.44. The van der Waals surface area contributed by atoms with Crippen LogP contribution in [0.25, 0.3) is 0 Å². The van der Waals surface area contributed by atoms with Crippen molar-refractivity contribution in [1.82, 2.24) is 19.9 Å². The third-order valence-electron chi connectivity index (χ3n) is 5.62. The van der Waals surface area contributed by atoms with E-state index in [2.05, 4.69) is 38.2 Å². The summed E-state index contributed by atoms with van der Waals surface area (Å²) in [6, 6.07) is 4.05. The van der Waals surface area contributed by atoms with Gasteiger partial charge in [0.25, 0.3) is 5.91 Å². The van der Waals surface area contributed by atoms with Gasteiger partial charge in [-0.1, -0.05) is 18.5 Å². The van der Waals surface area contributed by atoms with Gasteiger partial charge in [-0.25, -0.2) is 15.0 Å². The normalized spacial score (nSPS) is 17.8. The number of carbonyl (C=O) groups excluding carboxylic acids is 1.